The Labute approximate surface area is 130 Å². The summed E-state index contributed by atoms with van der Waals surface area (Å²) in [4.78, 5) is 3.98. The first-order chi connectivity index (χ1) is 10.1. The van der Waals surface area contributed by atoms with E-state index in [9.17, 15) is 8.42 Å². The summed E-state index contributed by atoms with van der Waals surface area (Å²) in [5, 5.41) is 0.641. The molecule has 0 unspecified atom stereocenters. The second kappa shape index (κ2) is 6.74. The van der Waals surface area contributed by atoms with E-state index in [0.29, 0.717) is 10.7 Å². The summed E-state index contributed by atoms with van der Waals surface area (Å²) in [7, 11) is -2.77. The van der Waals surface area contributed by atoms with Crippen molar-refractivity contribution in [2.45, 2.75) is 18.2 Å². The number of benzene rings is 2. The Morgan fingerprint density at radius 2 is 2.05 bits per heavy atom. The molecule has 0 aliphatic rings. The van der Waals surface area contributed by atoms with E-state index in [2.05, 4.69) is 4.99 Å². The highest BCUT2D eigenvalue weighted by molar-refractivity contribution is 7.72. The summed E-state index contributed by atoms with van der Waals surface area (Å²) >= 11 is 6.38. The highest BCUT2D eigenvalue weighted by atomic mass is 35.5. The van der Waals surface area contributed by atoms with Crippen LogP contribution in [0.25, 0.3) is 11.1 Å². The average Bonchev–Trinajstić information content (AvgIpc) is 2.48. The molecular formula is C15H15ClN2O2S. The second-order valence-electron chi connectivity index (χ2n) is 4.37. The van der Waals surface area contributed by atoms with E-state index in [0.717, 1.165) is 29.4 Å². The van der Waals surface area contributed by atoms with Gasteiger partial charge in [-0.05, 0) is 29.7 Å². The van der Waals surface area contributed by atoms with E-state index in [1.807, 2.05) is 25.1 Å². The smallest absolute Gasteiger partial charge is 0.170 e. The standard InChI is InChI=1S/C15H15ClN2O2S/c1-2-10-4-3-5-12(15(10)16)11-6-7-13(18-9-17)14(8-11)21(19)20/h3-9,21H,2H2,1H3,(H2,17,18). The van der Waals surface area contributed by atoms with Gasteiger partial charge in [-0.15, -0.1) is 0 Å². The van der Waals surface area contributed by atoms with E-state index >= 15 is 0 Å². The Kier molecular flexibility index (Phi) is 4.98. The summed E-state index contributed by atoms with van der Waals surface area (Å²) in [5.41, 5.74) is 8.11. The number of aryl methyl sites for hydroxylation is 1. The van der Waals surface area contributed by atoms with Gasteiger partial charge in [0, 0.05) is 5.56 Å². The van der Waals surface area contributed by atoms with Gasteiger partial charge in [0.05, 0.1) is 21.9 Å². The van der Waals surface area contributed by atoms with E-state index in [-0.39, 0.29) is 4.90 Å². The molecule has 6 heteroatoms. The largest absolute Gasteiger partial charge is 0.390 e. The van der Waals surface area contributed by atoms with E-state index in [1.165, 1.54) is 0 Å². The molecular weight excluding hydrogens is 308 g/mol. The van der Waals surface area contributed by atoms with Crippen molar-refractivity contribution in [2.75, 3.05) is 0 Å². The van der Waals surface area contributed by atoms with Crippen molar-refractivity contribution in [1.29, 1.82) is 0 Å². The van der Waals surface area contributed by atoms with Gasteiger partial charge in [0.25, 0.3) is 0 Å². The number of nitrogens with two attached hydrogens (primary N) is 1. The van der Waals surface area contributed by atoms with Crippen LogP contribution in [-0.2, 0) is 17.1 Å². The number of halogens is 1. The summed E-state index contributed by atoms with van der Waals surface area (Å²) in [5.74, 6) is 0. The van der Waals surface area contributed by atoms with Crippen LogP contribution in [-0.4, -0.2) is 14.8 Å². The molecule has 0 bridgehead atoms. The normalized spacial score (nSPS) is 11.4. The van der Waals surface area contributed by atoms with Crippen LogP contribution >= 0.6 is 11.6 Å². The van der Waals surface area contributed by atoms with Crippen molar-refractivity contribution in [2.24, 2.45) is 10.7 Å². The monoisotopic (exact) mass is 322 g/mol. The fraction of sp³-hybridized carbons (Fsp3) is 0.133. The van der Waals surface area contributed by atoms with Gasteiger partial charge in [0.1, 0.15) is 0 Å². The Morgan fingerprint density at radius 1 is 1.29 bits per heavy atom. The topological polar surface area (TPSA) is 72.5 Å². The number of hydrogen-bond acceptors (Lipinski definition) is 3. The third kappa shape index (κ3) is 3.25. The molecule has 0 amide bonds. The van der Waals surface area contributed by atoms with Crippen LogP contribution in [0.3, 0.4) is 0 Å². The molecule has 0 radical (unpaired) electrons. The molecule has 110 valence electrons. The summed E-state index contributed by atoms with van der Waals surface area (Å²) in [6, 6.07) is 10.7. The highest BCUT2D eigenvalue weighted by Crippen LogP contribution is 2.34. The molecule has 0 spiro atoms. The summed E-state index contributed by atoms with van der Waals surface area (Å²) < 4.78 is 22.8. The zero-order valence-electron chi connectivity index (χ0n) is 11.4. The molecule has 0 fully saturated rings. The number of thiol groups is 1. The number of nitrogens with zero attached hydrogens (tertiary/aromatic N) is 1. The van der Waals surface area contributed by atoms with Crippen molar-refractivity contribution in [3.05, 3.63) is 47.0 Å². The van der Waals surface area contributed by atoms with Gasteiger partial charge in [0.2, 0.25) is 0 Å². The summed E-state index contributed by atoms with van der Waals surface area (Å²) in [6.07, 6.45) is 1.88. The van der Waals surface area contributed by atoms with E-state index in [1.54, 1.807) is 18.2 Å². The van der Waals surface area contributed by atoms with Crippen LogP contribution in [0.15, 0.2) is 46.3 Å². The molecule has 0 aromatic heterocycles. The van der Waals surface area contributed by atoms with Crippen LogP contribution in [0.4, 0.5) is 5.69 Å². The molecule has 2 N–H and O–H groups in total. The molecule has 0 saturated heterocycles. The van der Waals surface area contributed by atoms with Gasteiger partial charge in [-0.25, -0.2) is 13.4 Å². The number of hydrogen-bond donors (Lipinski definition) is 2. The lowest BCUT2D eigenvalue weighted by Gasteiger charge is -2.10. The molecule has 2 rings (SSSR count). The van der Waals surface area contributed by atoms with Crippen LogP contribution in [0.5, 0.6) is 0 Å². The average molecular weight is 323 g/mol. The zero-order valence-corrected chi connectivity index (χ0v) is 13.1. The molecule has 0 heterocycles. The van der Waals surface area contributed by atoms with E-state index in [4.69, 9.17) is 17.3 Å². The van der Waals surface area contributed by atoms with Crippen LogP contribution in [0.1, 0.15) is 12.5 Å². The van der Waals surface area contributed by atoms with Crippen molar-refractivity contribution in [3.8, 4) is 11.1 Å². The third-order valence-corrected chi connectivity index (χ3v) is 4.35. The molecule has 0 atom stereocenters. The molecule has 4 nitrogen and oxygen atoms in total. The number of rotatable bonds is 4. The maximum atomic E-state index is 11.4. The van der Waals surface area contributed by atoms with Gasteiger partial charge in [-0.2, -0.15) is 0 Å². The van der Waals surface area contributed by atoms with Crippen molar-refractivity contribution in [1.82, 2.24) is 0 Å². The second-order valence-corrected chi connectivity index (χ2v) is 5.74. The highest BCUT2D eigenvalue weighted by Gasteiger charge is 2.11. The third-order valence-electron chi connectivity index (χ3n) is 3.16. The maximum Gasteiger partial charge on any atom is 0.170 e. The first-order valence-corrected chi connectivity index (χ1v) is 7.94. The van der Waals surface area contributed by atoms with Gasteiger partial charge in [0.15, 0.2) is 10.7 Å². The Bertz CT molecular complexity index is 762. The zero-order chi connectivity index (χ0) is 15.4. The number of aliphatic imine (C=N–C) groups is 1. The SMILES string of the molecule is CCc1cccc(-c2ccc(/N=C\N)c([SH](=O)=O)c2)c1Cl. The van der Waals surface area contributed by atoms with Crippen LogP contribution in [0.2, 0.25) is 5.02 Å². The molecule has 0 saturated carbocycles. The van der Waals surface area contributed by atoms with Crippen LogP contribution < -0.4 is 5.73 Å². The molecule has 2 aromatic carbocycles. The Balaban J connectivity index is 2.63. The molecule has 21 heavy (non-hydrogen) atoms. The van der Waals surface area contributed by atoms with Crippen molar-refractivity contribution >= 4 is 34.3 Å². The lowest BCUT2D eigenvalue weighted by Crippen LogP contribution is -1.91. The van der Waals surface area contributed by atoms with Gasteiger partial charge < -0.3 is 5.73 Å². The van der Waals surface area contributed by atoms with Crippen molar-refractivity contribution in [3.63, 3.8) is 0 Å². The quantitative estimate of drug-likeness (QED) is 0.516. The Hall–Kier alpha value is -1.85. The fourth-order valence-corrected chi connectivity index (χ4v) is 3.04. The fourth-order valence-electron chi connectivity index (χ4n) is 2.10. The van der Waals surface area contributed by atoms with Gasteiger partial charge >= 0.3 is 0 Å². The summed E-state index contributed by atoms with van der Waals surface area (Å²) in [6.45, 7) is 2.02. The van der Waals surface area contributed by atoms with Gasteiger partial charge in [-0.1, -0.05) is 42.8 Å². The minimum absolute atomic E-state index is 0.127. The predicted octanol–water partition coefficient (Wildman–Crippen LogP) is 3.16. The van der Waals surface area contributed by atoms with Crippen LogP contribution in [0, 0.1) is 0 Å². The lowest BCUT2D eigenvalue weighted by atomic mass is 10.0. The first kappa shape index (κ1) is 15.5. The molecule has 0 aliphatic carbocycles. The predicted molar refractivity (Wildman–Crippen MR) is 87.2 cm³/mol. The minimum Gasteiger partial charge on any atom is -0.390 e. The van der Waals surface area contributed by atoms with Gasteiger partial charge in [-0.3, -0.25) is 0 Å². The molecule has 2 aromatic rings. The van der Waals surface area contributed by atoms with Crippen molar-refractivity contribution < 1.29 is 8.42 Å². The van der Waals surface area contributed by atoms with E-state index < -0.39 is 10.7 Å². The molecule has 0 aliphatic heterocycles. The Morgan fingerprint density at radius 3 is 2.67 bits per heavy atom. The minimum atomic E-state index is -2.77. The first-order valence-electron chi connectivity index (χ1n) is 6.39. The maximum absolute atomic E-state index is 11.4. The lowest BCUT2D eigenvalue weighted by molar-refractivity contribution is 0.615.